The number of halogens is 1. The van der Waals surface area contributed by atoms with Gasteiger partial charge in [0.25, 0.3) is 5.91 Å². The molecule has 1 fully saturated rings. The van der Waals surface area contributed by atoms with E-state index in [-0.39, 0.29) is 24.2 Å². The van der Waals surface area contributed by atoms with Crippen molar-refractivity contribution in [3.05, 3.63) is 45.7 Å². The summed E-state index contributed by atoms with van der Waals surface area (Å²) < 4.78 is 18.5. The minimum absolute atomic E-state index is 0.167. The van der Waals surface area contributed by atoms with Gasteiger partial charge in [-0.15, -0.1) is 11.3 Å². The standard InChI is InChI=1S/C18H20FN3O3S/c1-11-15(16(23)22-9-8-20-17(24)18(22,2)3)26-14(21-11)10-25-13-6-4-12(19)5-7-13/h4-7H,8-10H2,1-3H3,(H,20,24). The predicted molar refractivity (Wildman–Crippen MR) is 95.7 cm³/mol. The second-order valence-corrected chi connectivity index (χ2v) is 7.62. The maximum absolute atomic E-state index is 12.9. The van der Waals surface area contributed by atoms with Gasteiger partial charge in [-0.1, -0.05) is 0 Å². The number of carbonyl (C=O) groups excluding carboxylic acids is 2. The molecule has 0 unspecified atom stereocenters. The van der Waals surface area contributed by atoms with Gasteiger partial charge in [-0.2, -0.15) is 0 Å². The summed E-state index contributed by atoms with van der Waals surface area (Å²) in [5.74, 6) is -0.170. The van der Waals surface area contributed by atoms with Crippen molar-refractivity contribution in [2.75, 3.05) is 13.1 Å². The highest BCUT2D eigenvalue weighted by Crippen LogP contribution is 2.26. The van der Waals surface area contributed by atoms with Gasteiger partial charge in [-0.3, -0.25) is 9.59 Å². The van der Waals surface area contributed by atoms with Crippen molar-refractivity contribution in [1.82, 2.24) is 15.2 Å². The van der Waals surface area contributed by atoms with Gasteiger partial charge in [0.15, 0.2) is 0 Å². The smallest absolute Gasteiger partial charge is 0.266 e. The molecule has 3 rings (SSSR count). The Kier molecular flexibility index (Phi) is 4.95. The van der Waals surface area contributed by atoms with Gasteiger partial charge < -0.3 is 15.0 Å². The van der Waals surface area contributed by atoms with Gasteiger partial charge in [-0.05, 0) is 45.0 Å². The zero-order valence-corrected chi connectivity index (χ0v) is 15.7. The average molecular weight is 377 g/mol. The van der Waals surface area contributed by atoms with Crippen molar-refractivity contribution >= 4 is 23.2 Å². The van der Waals surface area contributed by atoms with Gasteiger partial charge in [0.1, 0.15) is 33.6 Å². The molecule has 1 aliphatic heterocycles. The lowest BCUT2D eigenvalue weighted by atomic mass is 9.98. The van der Waals surface area contributed by atoms with Crippen molar-refractivity contribution in [3.8, 4) is 5.75 Å². The Labute approximate surface area is 155 Å². The van der Waals surface area contributed by atoms with Crippen LogP contribution >= 0.6 is 11.3 Å². The number of nitrogens with zero attached hydrogens (tertiary/aromatic N) is 2. The SMILES string of the molecule is Cc1nc(COc2ccc(F)cc2)sc1C(=O)N1CCNC(=O)C1(C)C. The Hall–Kier alpha value is -2.48. The monoisotopic (exact) mass is 377 g/mol. The summed E-state index contributed by atoms with van der Waals surface area (Å²) >= 11 is 1.25. The largest absolute Gasteiger partial charge is 0.486 e. The normalized spacial score (nSPS) is 16.3. The molecule has 26 heavy (non-hydrogen) atoms. The maximum Gasteiger partial charge on any atom is 0.266 e. The Morgan fingerprint density at radius 2 is 2.08 bits per heavy atom. The third-order valence-corrected chi connectivity index (χ3v) is 5.43. The van der Waals surface area contributed by atoms with Crippen molar-refractivity contribution in [2.45, 2.75) is 32.9 Å². The van der Waals surface area contributed by atoms with E-state index in [1.54, 1.807) is 25.7 Å². The Morgan fingerprint density at radius 3 is 2.77 bits per heavy atom. The number of rotatable bonds is 4. The fourth-order valence-corrected chi connectivity index (χ4v) is 3.69. The Morgan fingerprint density at radius 1 is 1.38 bits per heavy atom. The second kappa shape index (κ2) is 7.03. The fraction of sp³-hybridized carbons (Fsp3) is 0.389. The summed E-state index contributed by atoms with van der Waals surface area (Å²) in [6, 6.07) is 5.72. The van der Waals surface area contributed by atoms with E-state index < -0.39 is 5.54 Å². The van der Waals surface area contributed by atoms with E-state index in [9.17, 15) is 14.0 Å². The first-order valence-electron chi connectivity index (χ1n) is 8.24. The number of thiazole rings is 1. The van der Waals surface area contributed by atoms with E-state index in [1.165, 1.54) is 35.6 Å². The lowest BCUT2D eigenvalue weighted by Crippen LogP contribution is -2.63. The topological polar surface area (TPSA) is 71.5 Å². The lowest BCUT2D eigenvalue weighted by Gasteiger charge is -2.40. The first-order valence-corrected chi connectivity index (χ1v) is 9.05. The number of piperazine rings is 1. The van der Waals surface area contributed by atoms with Crippen LogP contribution in [-0.4, -0.2) is 40.3 Å². The summed E-state index contributed by atoms with van der Waals surface area (Å²) in [6.45, 7) is 6.31. The molecule has 2 aromatic rings. The van der Waals surface area contributed by atoms with Gasteiger partial charge >= 0.3 is 0 Å². The highest BCUT2D eigenvalue weighted by molar-refractivity contribution is 7.13. The number of ether oxygens (including phenoxy) is 1. The zero-order chi connectivity index (χ0) is 18.9. The third kappa shape index (κ3) is 3.55. The number of amides is 2. The Bertz CT molecular complexity index is 833. The number of aromatic nitrogens is 1. The van der Waals surface area contributed by atoms with E-state index in [0.29, 0.717) is 34.4 Å². The molecular weight excluding hydrogens is 357 g/mol. The van der Waals surface area contributed by atoms with Crippen molar-refractivity contribution in [2.24, 2.45) is 0 Å². The van der Waals surface area contributed by atoms with Crippen LogP contribution in [0.5, 0.6) is 5.75 Å². The summed E-state index contributed by atoms with van der Waals surface area (Å²) in [4.78, 5) is 31.5. The van der Waals surface area contributed by atoms with E-state index in [0.717, 1.165) is 0 Å². The summed E-state index contributed by atoms with van der Waals surface area (Å²) in [7, 11) is 0. The minimum Gasteiger partial charge on any atom is -0.486 e. The molecule has 0 spiro atoms. The van der Waals surface area contributed by atoms with Crippen molar-refractivity contribution < 1.29 is 18.7 Å². The van der Waals surface area contributed by atoms with Crippen LogP contribution in [0.3, 0.4) is 0 Å². The average Bonchev–Trinajstić information content (AvgIpc) is 2.97. The zero-order valence-electron chi connectivity index (χ0n) is 14.8. The molecule has 1 N–H and O–H groups in total. The molecule has 0 saturated carbocycles. The van der Waals surface area contributed by atoms with Gasteiger partial charge in [0, 0.05) is 13.1 Å². The van der Waals surface area contributed by atoms with Crippen LogP contribution in [0.2, 0.25) is 0 Å². The number of nitrogens with one attached hydrogen (secondary N) is 1. The number of benzene rings is 1. The molecule has 8 heteroatoms. The summed E-state index contributed by atoms with van der Waals surface area (Å²) in [6.07, 6.45) is 0. The minimum atomic E-state index is -0.906. The van der Waals surface area contributed by atoms with E-state index >= 15 is 0 Å². The van der Waals surface area contributed by atoms with Crippen LogP contribution in [0.4, 0.5) is 4.39 Å². The van der Waals surface area contributed by atoms with Crippen LogP contribution in [0, 0.1) is 12.7 Å². The predicted octanol–water partition coefficient (Wildman–Crippen LogP) is 2.52. The molecule has 1 aliphatic rings. The summed E-state index contributed by atoms with van der Waals surface area (Å²) in [5.41, 5.74) is -0.296. The highest BCUT2D eigenvalue weighted by Gasteiger charge is 2.41. The number of hydrogen-bond donors (Lipinski definition) is 1. The molecule has 1 saturated heterocycles. The maximum atomic E-state index is 12.9. The molecule has 1 aromatic heterocycles. The molecule has 0 atom stereocenters. The van der Waals surface area contributed by atoms with Crippen LogP contribution in [-0.2, 0) is 11.4 Å². The van der Waals surface area contributed by atoms with Gasteiger partial charge in [0.05, 0.1) is 5.69 Å². The van der Waals surface area contributed by atoms with Crippen molar-refractivity contribution in [1.29, 1.82) is 0 Å². The van der Waals surface area contributed by atoms with Crippen LogP contribution in [0.1, 0.15) is 34.2 Å². The number of aryl methyl sites for hydroxylation is 1. The number of hydrogen-bond acceptors (Lipinski definition) is 5. The molecule has 1 aromatic carbocycles. The van der Waals surface area contributed by atoms with Crippen molar-refractivity contribution in [3.63, 3.8) is 0 Å². The number of carbonyl (C=O) groups is 2. The van der Waals surface area contributed by atoms with E-state index in [2.05, 4.69) is 10.3 Å². The first-order chi connectivity index (χ1) is 12.3. The molecule has 0 radical (unpaired) electrons. The molecular formula is C18H20FN3O3S. The van der Waals surface area contributed by atoms with E-state index in [4.69, 9.17) is 4.74 Å². The van der Waals surface area contributed by atoms with Gasteiger partial charge in [-0.25, -0.2) is 9.37 Å². The summed E-state index contributed by atoms with van der Waals surface area (Å²) in [5, 5.41) is 3.43. The molecule has 2 amide bonds. The Balaban J connectivity index is 1.74. The molecule has 6 nitrogen and oxygen atoms in total. The quantitative estimate of drug-likeness (QED) is 0.889. The van der Waals surface area contributed by atoms with Crippen LogP contribution in [0.15, 0.2) is 24.3 Å². The molecule has 0 aliphatic carbocycles. The van der Waals surface area contributed by atoms with E-state index in [1.807, 2.05) is 0 Å². The molecule has 0 bridgehead atoms. The van der Waals surface area contributed by atoms with Crippen LogP contribution < -0.4 is 10.1 Å². The third-order valence-electron chi connectivity index (χ3n) is 4.31. The van der Waals surface area contributed by atoms with Crippen LogP contribution in [0.25, 0.3) is 0 Å². The molecule has 138 valence electrons. The van der Waals surface area contributed by atoms with Gasteiger partial charge in [0.2, 0.25) is 5.91 Å². The fourth-order valence-electron chi connectivity index (χ4n) is 2.77. The lowest BCUT2D eigenvalue weighted by molar-refractivity contribution is -0.133. The first kappa shape index (κ1) is 18.3. The second-order valence-electron chi connectivity index (χ2n) is 6.54. The highest BCUT2D eigenvalue weighted by atomic mass is 32.1. The molecule has 2 heterocycles.